The maximum atomic E-state index is 6.95. The van der Waals surface area contributed by atoms with E-state index in [0.29, 0.717) is 0 Å². The van der Waals surface area contributed by atoms with Gasteiger partial charge in [0.2, 0.25) is 0 Å². The van der Waals surface area contributed by atoms with Gasteiger partial charge >= 0.3 is 0 Å². The van der Waals surface area contributed by atoms with E-state index in [1.54, 1.807) is 0 Å². The molecule has 0 saturated carbocycles. The molecule has 5 nitrogen and oxygen atoms in total. The summed E-state index contributed by atoms with van der Waals surface area (Å²) in [7, 11) is 0. The largest absolute Gasteiger partial charge is 0.458 e. The van der Waals surface area contributed by atoms with Crippen molar-refractivity contribution in [3.63, 3.8) is 0 Å². The zero-order valence-corrected chi connectivity index (χ0v) is 32.1. The summed E-state index contributed by atoms with van der Waals surface area (Å²) in [6, 6.07) is 66.0. The van der Waals surface area contributed by atoms with E-state index in [4.69, 9.17) is 9.15 Å². The lowest BCUT2D eigenvalue weighted by molar-refractivity contribution is 0.486. The Morgan fingerprint density at radius 1 is 0.367 bits per heavy atom. The number of fused-ring (bicyclic) bond motifs is 19. The van der Waals surface area contributed by atoms with E-state index in [1.807, 2.05) is 12.1 Å². The van der Waals surface area contributed by atoms with E-state index in [0.717, 1.165) is 56.0 Å². The van der Waals surface area contributed by atoms with Crippen LogP contribution in [-0.4, -0.2) is 20.4 Å². The Bertz CT molecular complexity index is 4040. The van der Waals surface area contributed by atoms with Crippen LogP contribution in [0.4, 0.5) is 0 Å². The van der Waals surface area contributed by atoms with Crippen LogP contribution >= 0.6 is 0 Å². The third-order valence-electron chi connectivity index (χ3n) is 13.4. The fourth-order valence-electron chi connectivity index (χ4n) is 11.2. The van der Waals surface area contributed by atoms with Gasteiger partial charge in [0, 0.05) is 71.7 Å². The molecular weight excluding hydrogens is 733 g/mol. The number of nitrogens with zero attached hydrogens (tertiary/aromatic N) is 3. The zero-order valence-electron chi connectivity index (χ0n) is 32.1. The lowest BCUT2D eigenvalue weighted by atomic mass is 9.34. The lowest BCUT2D eigenvalue weighted by Gasteiger charge is -2.33. The van der Waals surface area contributed by atoms with Crippen LogP contribution in [0.5, 0.6) is 11.5 Å². The third kappa shape index (κ3) is 3.67. The molecule has 0 atom stereocenters. The molecule has 0 saturated heterocycles. The predicted molar refractivity (Wildman–Crippen MR) is 248 cm³/mol. The molecule has 0 aliphatic carbocycles. The molecule has 15 rings (SSSR count). The molecule has 2 aliphatic heterocycles. The molecule has 0 unspecified atom stereocenters. The zero-order chi connectivity index (χ0) is 38.8. The number of hydrogen-bond acceptors (Lipinski definition) is 2. The Kier molecular flexibility index (Phi) is 5.67. The van der Waals surface area contributed by atoms with Gasteiger partial charge in [-0.05, 0) is 71.0 Å². The van der Waals surface area contributed by atoms with Crippen LogP contribution in [0.3, 0.4) is 0 Å². The number of aromatic nitrogens is 3. The molecule has 6 heterocycles. The van der Waals surface area contributed by atoms with Gasteiger partial charge in [-0.15, -0.1) is 0 Å². The van der Waals surface area contributed by atoms with Crippen LogP contribution in [-0.2, 0) is 0 Å². The monoisotopic (exact) mass is 763 g/mol. The molecule has 6 heteroatoms. The second-order valence-corrected chi connectivity index (χ2v) is 16.3. The van der Waals surface area contributed by atoms with Gasteiger partial charge < -0.3 is 22.9 Å². The highest BCUT2D eigenvalue weighted by molar-refractivity contribution is 6.99. The van der Waals surface area contributed by atoms with Gasteiger partial charge in [0.25, 0.3) is 6.71 Å². The van der Waals surface area contributed by atoms with Crippen molar-refractivity contribution in [2.24, 2.45) is 0 Å². The summed E-state index contributed by atoms with van der Waals surface area (Å²) in [5.41, 5.74) is 16.0. The highest BCUT2D eigenvalue weighted by atomic mass is 16.5. The highest BCUT2D eigenvalue weighted by Gasteiger charge is 2.42. The lowest BCUT2D eigenvalue weighted by Crippen LogP contribution is -2.58. The Hall–Kier alpha value is -7.96. The van der Waals surface area contributed by atoms with Gasteiger partial charge in [0.15, 0.2) is 0 Å². The molecule has 2 aliphatic rings. The number of benzene rings is 9. The molecule has 0 N–H and O–H groups in total. The van der Waals surface area contributed by atoms with E-state index in [1.165, 1.54) is 76.3 Å². The van der Waals surface area contributed by atoms with Gasteiger partial charge in [-0.25, -0.2) is 0 Å². The molecule has 0 amide bonds. The Labute approximate surface area is 342 Å². The second-order valence-electron chi connectivity index (χ2n) is 16.3. The first-order valence-electron chi connectivity index (χ1n) is 20.6. The van der Waals surface area contributed by atoms with Crippen molar-refractivity contribution in [2.75, 3.05) is 0 Å². The summed E-state index contributed by atoms with van der Waals surface area (Å²) >= 11 is 0. The first kappa shape index (κ1) is 31.1. The number of rotatable bonds is 2. The minimum absolute atomic E-state index is 0.0462. The molecule has 0 bridgehead atoms. The van der Waals surface area contributed by atoms with Gasteiger partial charge in [-0.2, -0.15) is 0 Å². The number of ether oxygens (including phenoxy) is 1. The Morgan fingerprint density at radius 2 is 0.933 bits per heavy atom. The first-order valence-corrected chi connectivity index (χ1v) is 20.6. The van der Waals surface area contributed by atoms with Crippen molar-refractivity contribution in [3.8, 4) is 28.6 Å². The summed E-state index contributed by atoms with van der Waals surface area (Å²) in [6.45, 7) is -0.0462. The van der Waals surface area contributed by atoms with Crippen molar-refractivity contribution in [3.05, 3.63) is 182 Å². The fourth-order valence-corrected chi connectivity index (χ4v) is 11.2. The van der Waals surface area contributed by atoms with E-state index in [2.05, 4.69) is 184 Å². The van der Waals surface area contributed by atoms with E-state index < -0.39 is 0 Å². The summed E-state index contributed by atoms with van der Waals surface area (Å²) in [4.78, 5) is 0. The van der Waals surface area contributed by atoms with Crippen LogP contribution in [0.15, 0.2) is 186 Å². The quantitative estimate of drug-likeness (QED) is 0.164. The van der Waals surface area contributed by atoms with Crippen LogP contribution in [0.1, 0.15) is 0 Å². The van der Waals surface area contributed by atoms with Gasteiger partial charge in [-0.1, -0.05) is 121 Å². The molecule has 4 aromatic heterocycles. The maximum absolute atomic E-state index is 6.95. The Morgan fingerprint density at radius 3 is 1.63 bits per heavy atom. The van der Waals surface area contributed by atoms with Gasteiger partial charge in [0.05, 0.1) is 27.6 Å². The number of para-hydroxylation sites is 6. The Balaban J connectivity index is 1.21. The minimum atomic E-state index is -0.0462. The smallest absolute Gasteiger partial charge is 0.256 e. The van der Waals surface area contributed by atoms with Crippen molar-refractivity contribution < 1.29 is 9.15 Å². The predicted octanol–water partition coefficient (Wildman–Crippen LogP) is 11.8. The number of furan rings is 1. The summed E-state index contributed by atoms with van der Waals surface area (Å²) in [5.74, 6) is 1.73. The SMILES string of the molecule is c1ccc(-n2c3ccccc3c3c2c2c4cccc5c4n(c2c2c4ccccc4n(-c4ccccc4)c32)-c2cccc3c2B5c2cc4c(cc2O3)oc2ccccc24)cc1. The van der Waals surface area contributed by atoms with E-state index >= 15 is 0 Å². The van der Waals surface area contributed by atoms with Gasteiger partial charge in [0.1, 0.15) is 22.7 Å². The normalized spacial score (nSPS) is 13.1. The molecule has 276 valence electrons. The molecule has 9 aromatic carbocycles. The average molecular weight is 764 g/mol. The van der Waals surface area contributed by atoms with Crippen molar-refractivity contribution >= 4 is 110 Å². The van der Waals surface area contributed by atoms with Crippen LogP contribution in [0, 0.1) is 0 Å². The van der Waals surface area contributed by atoms with Crippen LogP contribution in [0.2, 0.25) is 0 Å². The van der Waals surface area contributed by atoms with Crippen LogP contribution in [0.25, 0.3) is 104 Å². The summed E-state index contributed by atoms with van der Waals surface area (Å²) < 4.78 is 21.0. The van der Waals surface area contributed by atoms with Crippen molar-refractivity contribution in [1.29, 1.82) is 0 Å². The summed E-state index contributed by atoms with van der Waals surface area (Å²) in [6.07, 6.45) is 0. The maximum Gasteiger partial charge on any atom is 0.256 e. The van der Waals surface area contributed by atoms with Crippen molar-refractivity contribution in [1.82, 2.24) is 13.7 Å². The van der Waals surface area contributed by atoms with Gasteiger partial charge in [-0.3, -0.25) is 0 Å². The van der Waals surface area contributed by atoms with E-state index in [9.17, 15) is 0 Å². The van der Waals surface area contributed by atoms with Crippen molar-refractivity contribution in [2.45, 2.75) is 0 Å². The topological polar surface area (TPSA) is 37.2 Å². The average Bonchev–Trinajstić information content (AvgIpc) is 4.04. The number of hydrogen-bond donors (Lipinski definition) is 0. The molecule has 0 fully saturated rings. The molecular formula is C54H30BN3O2. The fraction of sp³-hybridized carbons (Fsp3) is 0. The van der Waals surface area contributed by atoms with Crippen LogP contribution < -0.4 is 21.1 Å². The molecule has 0 radical (unpaired) electrons. The molecule has 60 heavy (non-hydrogen) atoms. The second kappa shape index (κ2) is 11.0. The summed E-state index contributed by atoms with van der Waals surface area (Å²) in [5, 5.41) is 9.66. The molecule has 13 aromatic rings. The third-order valence-corrected chi connectivity index (χ3v) is 13.4. The molecule has 0 spiro atoms. The van der Waals surface area contributed by atoms with E-state index in [-0.39, 0.29) is 6.71 Å². The highest BCUT2D eigenvalue weighted by Crippen LogP contribution is 2.51. The minimum Gasteiger partial charge on any atom is -0.458 e. The first-order chi connectivity index (χ1) is 29.8. The standard InChI is InChI=1S/C54H30BN3O2/c1-3-15-31(16-4-1)56-41-25-11-8-21-35(41)48-52(56)47-34-20-7-10-24-40(34)57(32-17-5-2-6-18-32)53(47)49-36-22-13-23-38-51(36)58(54(48)49)42-26-14-28-44-50(42)55(38)39-29-37-33-19-9-12-27-43(33)59-45(37)30-46(39)60-44/h1-30H.